The molecule has 2 rings (SSSR count). The monoisotopic (exact) mass is 223 g/mol. The van der Waals surface area contributed by atoms with Crippen LogP contribution in [0.4, 0.5) is 5.82 Å². The van der Waals surface area contributed by atoms with Crippen LogP contribution < -0.4 is 9.64 Å². The molecule has 0 saturated carbocycles. The van der Waals surface area contributed by atoms with Gasteiger partial charge in [0.15, 0.2) is 0 Å². The molecule has 1 fully saturated rings. The first-order valence-electron chi connectivity index (χ1n) is 5.08. The lowest BCUT2D eigenvalue weighted by molar-refractivity contribution is -0.138. The second-order valence-corrected chi connectivity index (χ2v) is 3.61. The van der Waals surface area contributed by atoms with E-state index in [9.17, 15) is 4.79 Å². The van der Waals surface area contributed by atoms with Crippen molar-refractivity contribution in [1.82, 2.24) is 9.97 Å². The highest BCUT2D eigenvalue weighted by atomic mass is 16.5. The zero-order chi connectivity index (χ0) is 11.5. The van der Waals surface area contributed by atoms with Crippen LogP contribution in [0.1, 0.15) is 12.8 Å². The van der Waals surface area contributed by atoms with Gasteiger partial charge in [0.1, 0.15) is 18.2 Å². The summed E-state index contributed by atoms with van der Waals surface area (Å²) < 4.78 is 4.98. The number of hydrogen-bond donors (Lipinski definition) is 1. The largest absolute Gasteiger partial charge is 0.481 e. The van der Waals surface area contributed by atoms with Crippen molar-refractivity contribution in [3.63, 3.8) is 0 Å². The Morgan fingerprint density at radius 1 is 1.62 bits per heavy atom. The molecule has 2 heterocycles. The minimum absolute atomic E-state index is 0.445. The molecule has 1 aromatic rings. The van der Waals surface area contributed by atoms with Crippen LogP contribution in [0, 0.1) is 0 Å². The number of ether oxygens (including phenoxy) is 1. The molecule has 6 nitrogen and oxygen atoms in total. The lowest BCUT2D eigenvalue weighted by atomic mass is 10.2. The van der Waals surface area contributed by atoms with E-state index in [1.54, 1.807) is 11.0 Å². The summed E-state index contributed by atoms with van der Waals surface area (Å²) in [4.78, 5) is 20.8. The lowest BCUT2D eigenvalue weighted by Gasteiger charge is -2.22. The van der Waals surface area contributed by atoms with Gasteiger partial charge in [0, 0.05) is 12.6 Å². The maximum Gasteiger partial charge on any atom is 0.326 e. The van der Waals surface area contributed by atoms with Crippen LogP contribution in [-0.2, 0) is 4.79 Å². The van der Waals surface area contributed by atoms with Crippen LogP contribution in [0.3, 0.4) is 0 Å². The number of rotatable bonds is 3. The second kappa shape index (κ2) is 4.34. The van der Waals surface area contributed by atoms with Gasteiger partial charge in [0.25, 0.3) is 0 Å². The van der Waals surface area contributed by atoms with Crippen molar-refractivity contribution in [1.29, 1.82) is 0 Å². The van der Waals surface area contributed by atoms with Crippen LogP contribution in [0.2, 0.25) is 0 Å². The van der Waals surface area contributed by atoms with E-state index < -0.39 is 12.0 Å². The quantitative estimate of drug-likeness (QED) is 0.806. The van der Waals surface area contributed by atoms with Crippen LogP contribution >= 0.6 is 0 Å². The first kappa shape index (κ1) is 10.7. The third-order valence-electron chi connectivity index (χ3n) is 2.67. The molecule has 1 unspecified atom stereocenters. The van der Waals surface area contributed by atoms with E-state index in [0.29, 0.717) is 24.7 Å². The van der Waals surface area contributed by atoms with Gasteiger partial charge < -0.3 is 14.7 Å². The van der Waals surface area contributed by atoms with Crippen molar-refractivity contribution in [2.75, 3.05) is 18.6 Å². The summed E-state index contributed by atoms with van der Waals surface area (Å²) in [5.41, 5.74) is 0. The molecule has 1 N–H and O–H groups in total. The zero-order valence-corrected chi connectivity index (χ0v) is 8.96. The molecule has 1 aliphatic rings. The molecule has 1 atom stereocenters. The number of nitrogens with zero attached hydrogens (tertiary/aromatic N) is 3. The number of methoxy groups -OCH3 is 1. The molecule has 1 aromatic heterocycles. The third kappa shape index (κ3) is 1.91. The number of hydrogen-bond acceptors (Lipinski definition) is 5. The number of aliphatic carboxylic acids is 1. The van der Waals surface area contributed by atoms with Gasteiger partial charge in [-0.3, -0.25) is 0 Å². The maximum atomic E-state index is 11.0. The number of carboxylic acids is 1. The van der Waals surface area contributed by atoms with Crippen molar-refractivity contribution < 1.29 is 14.6 Å². The molecule has 1 saturated heterocycles. The van der Waals surface area contributed by atoms with Gasteiger partial charge in [-0.25, -0.2) is 14.8 Å². The van der Waals surface area contributed by atoms with Crippen LogP contribution in [0.5, 0.6) is 5.88 Å². The van der Waals surface area contributed by atoms with Gasteiger partial charge in [0.05, 0.1) is 7.11 Å². The molecular weight excluding hydrogens is 210 g/mol. The first-order valence-corrected chi connectivity index (χ1v) is 5.08. The van der Waals surface area contributed by atoms with Gasteiger partial charge >= 0.3 is 5.97 Å². The summed E-state index contributed by atoms with van der Waals surface area (Å²) in [7, 11) is 1.52. The maximum absolute atomic E-state index is 11.0. The summed E-state index contributed by atoms with van der Waals surface area (Å²) in [6.45, 7) is 0.705. The number of aromatic nitrogens is 2. The highest BCUT2D eigenvalue weighted by Gasteiger charge is 2.31. The van der Waals surface area contributed by atoms with Crippen LogP contribution in [0.25, 0.3) is 0 Å². The Bertz CT molecular complexity index is 397. The second-order valence-electron chi connectivity index (χ2n) is 3.61. The SMILES string of the molecule is COc1cc(N2CCCC2C(=O)O)ncn1. The van der Waals surface area contributed by atoms with Crippen LogP contribution in [0.15, 0.2) is 12.4 Å². The summed E-state index contributed by atoms with van der Waals surface area (Å²) in [6, 6.07) is 1.17. The van der Waals surface area contributed by atoms with Gasteiger partial charge in [-0.2, -0.15) is 0 Å². The standard InChI is InChI=1S/C10H13N3O3/c1-16-9-5-8(11-6-12-9)13-4-2-3-7(13)10(14)15/h5-7H,2-4H2,1H3,(H,14,15). The summed E-state index contributed by atoms with van der Waals surface area (Å²) in [6.07, 6.45) is 2.90. The molecule has 0 amide bonds. The van der Waals surface area contributed by atoms with Crippen molar-refractivity contribution in [2.24, 2.45) is 0 Å². The Morgan fingerprint density at radius 2 is 2.44 bits per heavy atom. The van der Waals surface area contributed by atoms with Gasteiger partial charge in [-0.05, 0) is 12.8 Å². The molecule has 0 radical (unpaired) electrons. The Morgan fingerprint density at radius 3 is 3.12 bits per heavy atom. The van der Waals surface area contributed by atoms with Crippen LogP contribution in [-0.4, -0.2) is 40.7 Å². The molecular formula is C10H13N3O3. The van der Waals surface area contributed by atoms with Crippen molar-refractivity contribution >= 4 is 11.8 Å². The van der Waals surface area contributed by atoms with Crippen molar-refractivity contribution in [2.45, 2.75) is 18.9 Å². The molecule has 0 bridgehead atoms. The number of carboxylic acid groups (broad SMARTS) is 1. The van der Waals surface area contributed by atoms with Gasteiger partial charge in [0.2, 0.25) is 5.88 Å². The van der Waals surface area contributed by atoms with Gasteiger partial charge in [-0.1, -0.05) is 0 Å². The Hall–Kier alpha value is -1.85. The first-order chi connectivity index (χ1) is 7.72. The Labute approximate surface area is 92.9 Å². The van der Waals surface area contributed by atoms with Crippen molar-refractivity contribution in [3.05, 3.63) is 12.4 Å². The normalized spacial score (nSPS) is 19.8. The Kier molecular flexibility index (Phi) is 2.89. The van der Waals surface area contributed by atoms with Crippen molar-refractivity contribution in [3.8, 4) is 5.88 Å². The molecule has 0 aromatic carbocycles. The van der Waals surface area contributed by atoms with E-state index in [-0.39, 0.29) is 0 Å². The fourth-order valence-electron chi connectivity index (χ4n) is 1.90. The predicted octanol–water partition coefficient (Wildman–Crippen LogP) is 0.539. The molecule has 0 aliphatic carbocycles. The van der Waals surface area contributed by atoms with E-state index in [1.165, 1.54) is 13.4 Å². The minimum atomic E-state index is -0.810. The summed E-state index contributed by atoms with van der Waals surface area (Å²) in [5.74, 6) is 0.243. The minimum Gasteiger partial charge on any atom is -0.481 e. The highest BCUT2D eigenvalue weighted by molar-refractivity contribution is 5.78. The molecule has 16 heavy (non-hydrogen) atoms. The topological polar surface area (TPSA) is 75.5 Å². The molecule has 1 aliphatic heterocycles. The Balaban J connectivity index is 2.25. The molecule has 0 spiro atoms. The molecule has 6 heteroatoms. The summed E-state index contributed by atoms with van der Waals surface area (Å²) in [5, 5.41) is 9.06. The average molecular weight is 223 g/mol. The average Bonchev–Trinajstić information content (AvgIpc) is 2.78. The smallest absolute Gasteiger partial charge is 0.326 e. The molecule has 86 valence electrons. The van der Waals surface area contributed by atoms with Gasteiger partial charge in [-0.15, -0.1) is 0 Å². The van der Waals surface area contributed by atoms with E-state index in [2.05, 4.69) is 9.97 Å². The van der Waals surface area contributed by atoms with E-state index in [0.717, 1.165) is 6.42 Å². The summed E-state index contributed by atoms with van der Waals surface area (Å²) >= 11 is 0. The fraction of sp³-hybridized carbons (Fsp3) is 0.500. The predicted molar refractivity (Wildman–Crippen MR) is 56.6 cm³/mol. The number of anilines is 1. The fourth-order valence-corrected chi connectivity index (χ4v) is 1.90. The third-order valence-corrected chi connectivity index (χ3v) is 2.67. The van der Waals surface area contributed by atoms with E-state index in [1.807, 2.05) is 0 Å². The zero-order valence-electron chi connectivity index (χ0n) is 8.96. The van der Waals surface area contributed by atoms with E-state index in [4.69, 9.17) is 9.84 Å². The highest BCUT2D eigenvalue weighted by Crippen LogP contribution is 2.25. The van der Waals surface area contributed by atoms with E-state index >= 15 is 0 Å². The number of carbonyl (C=O) groups is 1. The lowest BCUT2D eigenvalue weighted by Crippen LogP contribution is -2.36.